The van der Waals surface area contributed by atoms with Gasteiger partial charge >= 0.3 is 0 Å². The number of nitrogens with zero attached hydrogens (tertiary/aromatic N) is 2. The molecule has 0 unspecified atom stereocenters. The zero-order valence-electron chi connectivity index (χ0n) is 16.2. The van der Waals surface area contributed by atoms with E-state index in [1.54, 1.807) is 14.0 Å². The Labute approximate surface area is 161 Å². The van der Waals surface area contributed by atoms with Crippen LogP contribution in [0.15, 0.2) is 54.6 Å². The molecule has 3 atom stereocenters. The summed E-state index contributed by atoms with van der Waals surface area (Å²) < 4.78 is 5.45. The first-order chi connectivity index (χ1) is 13.2. The molecule has 4 rings (SSSR count). The second kappa shape index (κ2) is 7.73. The maximum absolute atomic E-state index is 12.0. The Balaban J connectivity index is 1.61. The average Bonchev–Trinajstić information content (AvgIpc) is 3.06. The Hall–Kier alpha value is -2.33. The van der Waals surface area contributed by atoms with Crippen molar-refractivity contribution >= 4 is 5.91 Å². The van der Waals surface area contributed by atoms with Crippen molar-refractivity contribution in [3.05, 3.63) is 65.7 Å². The molecule has 4 heteroatoms. The largest absolute Gasteiger partial charge is 0.497 e. The number of amides is 1. The number of carbonyl (C=O) groups is 1. The Morgan fingerprint density at radius 2 is 1.93 bits per heavy atom. The van der Waals surface area contributed by atoms with Gasteiger partial charge in [-0.3, -0.25) is 9.69 Å². The third-order valence-corrected chi connectivity index (χ3v) is 6.23. The highest BCUT2D eigenvalue weighted by molar-refractivity contribution is 5.73. The molecule has 2 fully saturated rings. The average molecular weight is 364 g/mol. The molecule has 1 amide bonds. The van der Waals surface area contributed by atoms with Crippen LogP contribution in [0.3, 0.4) is 0 Å². The molecule has 2 aromatic carbocycles. The van der Waals surface area contributed by atoms with Gasteiger partial charge in [-0.05, 0) is 29.7 Å². The topological polar surface area (TPSA) is 32.8 Å². The molecule has 2 aromatic rings. The van der Waals surface area contributed by atoms with Gasteiger partial charge in [-0.1, -0.05) is 42.5 Å². The fourth-order valence-electron chi connectivity index (χ4n) is 4.85. The highest BCUT2D eigenvalue weighted by atomic mass is 16.5. The van der Waals surface area contributed by atoms with Crippen LogP contribution in [-0.2, 0) is 11.3 Å². The molecule has 0 radical (unpaired) electrons. The second-order valence-corrected chi connectivity index (χ2v) is 7.78. The van der Waals surface area contributed by atoms with Crippen LogP contribution >= 0.6 is 0 Å². The van der Waals surface area contributed by atoms with E-state index in [0.717, 1.165) is 38.3 Å². The molecule has 142 valence electrons. The van der Waals surface area contributed by atoms with Crippen molar-refractivity contribution in [2.45, 2.75) is 31.8 Å². The van der Waals surface area contributed by atoms with Crippen molar-refractivity contribution in [1.82, 2.24) is 9.80 Å². The molecule has 0 aromatic heterocycles. The lowest BCUT2D eigenvalue weighted by atomic mass is 9.81. The number of hydrogen-bond donors (Lipinski definition) is 0. The zero-order valence-corrected chi connectivity index (χ0v) is 16.2. The summed E-state index contributed by atoms with van der Waals surface area (Å²) in [6, 6.07) is 19.7. The predicted octanol–water partition coefficient (Wildman–Crippen LogP) is 3.53. The van der Waals surface area contributed by atoms with Gasteiger partial charge in [0.1, 0.15) is 5.75 Å². The Kier molecular flexibility index (Phi) is 5.17. The van der Waals surface area contributed by atoms with E-state index in [4.69, 9.17) is 4.74 Å². The van der Waals surface area contributed by atoms with E-state index in [1.165, 1.54) is 11.1 Å². The summed E-state index contributed by atoms with van der Waals surface area (Å²) in [5.41, 5.74) is 2.68. The van der Waals surface area contributed by atoms with Gasteiger partial charge < -0.3 is 9.64 Å². The minimum Gasteiger partial charge on any atom is -0.497 e. The van der Waals surface area contributed by atoms with E-state index < -0.39 is 0 Å². The first-order valence-corrected chi connectivity index (χ1v) is 9.83. The van der Waals surface area contributed by atoms with Crippen molar-refractivity contribution in [3.8, 4) is 5.75 Å². The van der Waals surface area contributed by atoms with Gasteiger partial charge in [0.25, 0.3) is 0 Å². The summed E-state index contributed by atoms with van der Waals surface area (Å²) in [6.07, 6.45) is 1.05. The highest BCUT2D eigenvalue weighted by Crippen LogP contribution is 2.42. The number of fused-ring (bicyclic) bond motifs is 1. The summed E-state index contributed by atoms with van der Waals surface area (Å²) in [7, 11) is 1.72. The van der Waals surface area contributed by atoms with Crippen LogP contribution in [0.25, 0.3) is 0 Å². The third kappa shape index (κ3) is 3.72. The molecule has 2 aliphatic rings. The molecular formula is C23H28N2O2. The lowest BCUT2D eigenvalue weighted by molar-refractivity contribution is -0.131. The van der Waals surface area contributed by atoms with E-state index in [2.05, 4.69) is 53.4 Å². The molecule has 2 saturated heterocycles. The van der Waals surface area contributed by atoms with E-state index in [1.807, 2.05) is 11.0 Å². The molecule has 2 aliphatic heterocycles. The number of benzene rings is 2. The quantitative estimate of drug-likeness (QED) is 0.832. The summed E-state index contributed by atoms with van der Waals surface area (Å²) in [4.78, 5) is 16.7. The normalized spacial score (nSPS) is 25.3. The Bertz CT molecular complexity index is 792. The lowest BCUT2D eigenvalue weighted by Gasteiger charge is -2.38. The van der Waals surface area contributed by atoms with Crippen LogP contribution in [0.4, 0.5) is 0 Å². The van der Waals surface area contributed by atoms with Crippen LogP contribution in [0, 0.1) is 5.92 Å². The van der Waals surface area contributed by atoms with Crippen molar-refractivity contribution in [2.75, 3.05) is 26.7 Å². The maximum Gasteiger partial charge on any atom is 0.219 e. The molecule has 0 bridgehead atoms. The van der Waals surface area contributed by atoms with Crippen LogP contribution in [0.1, 0.15) is 30.4 Å². The number of ether oxygens (including phenoxy) is 1. The van der Waals surface area contributed by atoms with E-state index in [0.29, 0.717) is 17.9 Å². The molecule has 0 aliphatic carbocycles. The van der Waals surface area contributed by atoms with Crippen LogP contribution in [0.2, 0.25) is 0 Å². The summed E-state index contributed by atoms with van der Waals surface area (Å²) >= 11 is 0. The van der Waals surface area contributed by atoms with Crippen molar-refractivity contribution < 1.29 is 9.53 Å². The van der Waals surface area contributed by atoms with E-state index in [9.17, 15) is 4.79 Å². The molecule has 0 N–H and O–H groups in total. The molecular weight excluding hydrogens is 336 g/mol. The number of methoxy groups -OCH3 is 1. The van der Waals surface area contributed by atoms with Gasteiger partial charge in [0.15, 0.2) is 0 Å². The van der Waals surface area contributed by atoms with Gasteiger partial charge in [-0.25, -0.2) is 0 Å². The SMILES string of the molecule is COc1cccc([C@H]2CN(Cc3ccccc3)[C@@H]3CCN(C(C)=O)C[C@H]23)c1. The summed E-state index contributed by atoms with van der Waals surface area (Å²) in [5, 5.41) is 0. The standard InChI is InChI=1S/C23H28N2O2/c1-17(26)24-12-11-23-22(16-24)21(19-9-6-10-20(13-19)27-2)15-25(23)14-18-7-4-3-5-8-18/h3-10,13,21-23H,11-12,14-16H2,1-2H3/t21-,22-,23-/m1/s1. The first-order valence-electron chi connectivity index (χ1n) is 9.83. The molecule has 4 nitrogen and oxygen atoms in total. The van der Waals surface area contributed by atoms with Crippen molar-refractivity contribution in [2.24, 2.45) is 5.92 Å². The molecule has 0 spiro atoms. The van der Waals surface area contributed by atoms with Crippen molar-refractivity contribution in [3.63, 3.8) is 0 Å². The fraction of sp³-hybridized carbons (Fsp3) is 0.435. The molecule has 2 heterocycles. The zero-order chi connectivity index (χ0) is 18.8. The van der Waals surface area contributed by atoms with Gasteiger partial charge in [-0.2, -0.15) is 0 Å². The first kappa shape index (κ1) is 18.1. The third-order valence-electron chi connectivity index (χ3n) is 6.23. The number of rotatable bonds is 4. The molecule has 27 heavy (non-hydrogen) atoms. The number of carbonyl (C=O) groups excluding carboxylic acids is 1. The van der Waals surface area contributed by atoms with Gasteiger partial charge in [0, 0.05) is 51.0 Å². The summed E-state index contributed by atoms with van der Waals surface area (Å²) in [5.74, 6) is 2.00. The van der Waals surface area contributed by atoms with E-state index in [-0.39, 0.29) is 5.91 Å². The molecule has 0 saturated carbocycles. The second-order valence-electron chi connectivity index (χ2n) is 7.78. The van der Waals surface area contributed by atoms with Gasteiger partial charge in [0.2, 0.25) is 5.91 Å². The maximum atomic E-state index is 12.0. The van der Waals surface area contributed by atoms with Gasteiger partial charge in [-0.15, -0.1) is 0 Å². The number of hydrogen-bond acceptors (Lipinski definition) is 3. The minimum atomic E-state index is 0.194. The minimum absolute atomic E-state index is 0.194. The Morgan fingerprint density at radius 3 is 2.67 bits per heavy atom. The number of likely N-dealkylation sites (tertiary alicyclic amines) is 2. The monoisotopic (exact) mass is 364 g/mol. The van der Waals surface area contributed by atoms with Crippen molar-refractivity contribution in [1.29, 1.82) is 0 Å². The Morgan fingerprint density at radius 1 is 1.11 bits per heavy atom. The highest BCUT2D eigenvalue weighted by Gasteiger charge is 2.45. The van der Waals surface area contributed by atoms with Crippen LogP contribution < -0.4 is 4.74 Å². The lowest BCUT2D eigenvalue weighted by Crippen LogP contribution is -2.47. The van der Waals surface area contributed by atoms with Crippen LogP contribution in [0.5, 0.6) is 5.75 Å². The van der Waals surface area contributed by atoms with Crippen LogP contribution in [-0.4, -0.2) is 48.5 Å². The summed E-state index contributed by atoms with van der Waals surface area (Å²) in [6.45, 7) is 5.42. The predicted molar refractivity (Wildman–Crippen MR) is 107 cm³/mol. The smallest absolute Gasteiger partial charge is 0.219 e. The number of piperidine rings is 1. The fourth-order valence-corrected chi connectivity index (χ4v) is 4.85. The van der Waals surface area contributed by atoms with Gasteiger partial charge in [0.05, 0.1) is 7.11 Å². The van der Waals surface area contributed by atoms with E-state index >= 15 is 0 Å².